The van der Waals surface area contributed by atoms with Crippen LogP contribution in [0.25, 0.3) is 0 Å². The fourth-order valence-electron chi connectivity index (χ4n) is 1.04. The van der Waals surface area contributed by atoms with Crippen LogP contribution < -0.4 is 0 Å². The Morgan fingerprint density at radius 3 is 2.62 bits per heavy atom. The minimum atomic E-state index is -0.0651. The van der Waals surface area contributed by atoms with Gasteiger partial charge >= 0.3 is 0 Å². The third kappa shape index (κ3) is 1.76. The fraction of sp³-hybridized carbons (Fsp3) is 0.222. The molecule has 0 fully saturated rings. The van der Waals surface area contributed by atoms with E-state index in [1.54, 1.807) is 13.0 Å². The van der Waals surface area contributed by atoms with Crippen molar-refractivity contribution in [2.75, 3.05) is 0 Å². The van der Waals surface area contributed by atoms with Crippen molar-refractivity contribution in [3.05, 3.63) is 21.7 Å². The van der Waals surface area contributed by atoms with Crippen molar-refractivity contribution in [2.24, 2.45) is 0 Å². The van der Waals surface area contributed by atoms with E-state index in [-0.39, 0.29) is 22.4 Å². The minimum absolute atomic E-state index is 0.0131. The molecule has 0 heterocycles. The Bertz CT molecular complexity index is 382. The van der Waals surface area contributed by atoms with Gasteiger partial charge in [-0.25, -0.2) is 0 Å². The van der Waals surface area contributed by atoms with Crippen LogP contribution in [0.3, 0.4) is 0 Å². The first-order valence-electron chi connectivity index (χ1n) is 3.64. The largest absolute Gasteiger partial charge is 0.506 e. The number of aromatic hydroxyl groups is 2. The van der Waals surface area contributed by atoms with Gasteiger partial charge in [0, 0.05) is 5.56 Å². The summed E-state index contributed by atoms with van der Waals surface area (Å²) in [5, 5.41) is 27.3. The Balaban J connectivity index is 3.34. The zero-order chi connectivity index (χ0) is 10.0. The van der Waals surface area contributed by atoms with Crippen molar-refractivity contribution in [2.45, 2.75) is 13.3 Å². The number of halogens is 1. The van der Waals surface area contributed by atoms with Crippen LogP contribution in [0.1, 0.15) is 11.1 Å². The molecule has 68 valence electrons. The first-order chi connectivity index (χ1) is 6.07. The summed E-state index contributed by atoms with van der Waals surface area (Å²) in [5.74, 6) is -0.0520. The van der Waals surface area contributed by atoms with E-state index >= 15 is 0 Å². The molecule has 0 spiro atoms. The molecule has 4 heteroatoms. The van der Waals surface area contributed by atoms with E-state index < -0.39 is 0 Å². The number of benzene rings is 1. The number of rotatable bonds is 1. The Morgan fingerprint density at radius 1 is 1.46 bits per heavy atom. The van der Waals surface area contributed by atoms with Crippen LogP contribution in [0.2, 0.25) is 0 Å². The number of aryl methyl sites for hydroxylation is 1. The van der Waals surface area contributed by atoms with Crippen molar-refractivity contribution >= 4 is 15.9 Å². The Hall–Kier alpha value is -1.21. The molecule has 0 unspecified atom stereocenters. The number of hydrogen-bond acceptors (Lipinski definition) is 3. The van der Waals surface area contributed by atoms with E-state index in [2.05, 4.69) is 15.9 Å². The van der Waals surface area contributed by atoms with E-state index in [4.69, 9.17) is 5.26 Å². The first kappa shape index (κ1) is 9.87. The molecule has 0 aromatic heterocycles. The second-order valence-electron chi connectivity index (χ2n) is 2.70. The molecule has 2 N–H and O–H groups in total. The number of nitrogens with zero attached hydrogens (tertiary/aromatic N) is 1. The van der Waals surface area contributed by atoms with Gasteiger partial charge in [0.05, 0.1) is 12.5 Å². The summed E-state index contributed by atoms with van der Waals surface area (Å²) in [7, 11) is 0. The zero-order valence-electron chi connectivity index (χ0n) is 7.00. The molecule has 13 heavy (non-hydrogen) atoms. The third-order valence-electron chi connectivity index (χ3n) is 1.75. The third-order valence-corrected chi connectivity index (χ3v) is 2.50. The van der Waals surface area contributed by atoms with Gasteiger partial charge in [-0.3, -0.25) is 0 Å². The molecule has 0 atom stereocenters. The Kier molecular flexibility index (Phi) is 2.79. The first-order valence-corrected chi connectivity index (χ1v) is 4.44. The molecule has 1 aromatic carbocycles. The smallest absolute Gasteiger partial charge is 0.137 e. The standard InChI is InChI=1S/C9H8BrNO2/c1-5-4-6(2-3-11)9(13)7(10)8(5)12/h4,12-13H,2H2,1H3. The lowest BCUT2D eigenvalue weighted by Crippen LogP contribution is -1.87. The van der Waals surface area contributed by atoms with Crippen LogP contribution in [0.15, 0.2) is 10.5 Å². The quantitative estimate of drug-likeness (QED) is 0.793. The maximum atomic E-state index is 9.48. The SMILES string of the molecule is Cc1cc(CC#N)c(O)c(Br)c1O. The van der Waals surface area contributed by atoms with Crippen molar-refractivity contribution in [3.8, 4) is 17.6 Å². The van der Waals surface area contributed by atoms with Crippen LogP contribution in [0.4, 0.5) is 0 Å². The lowest BCUT2D eigenvalue weighted by atomic mass is 10.1. The number of nitriles is 1. The molecular formula is C9H8BrNO2. The summed E-state index contributed by atoms with van der Waals surface area (Å²) in [6.45, 7) is 1.71. The van der Waals surface area contributed by atoms with E-state index in [0.717, 1.165) is 0 Å². The highest BCUT2D eigenvalue weighted by Crippen LogP contribution is 2.38. The van der Waals surface area contributed by atoms with Gasteiger partial charge in [0.15, 0.2) is 0 Å². The molecule has 0 aliphatic rings. The van der Waals surface area contributed by atoms with E-state index in [0.29, 0.717) is 11.1 Å². The molecule has 3 nitrogen and oxygen atoms in total. The Labute approximate surface area is 84.4 Å². The van der Waals surface area contributed by atoms with Crippen molar-refractivity contribution in [3.63, 3.8) is 0 Å². The summed E-state index contributed by atoms with van der Waals surface area (Å²) in [6, 6.07) is 3.53. The summed E-state index contributed by atoms with van der Waals surface area (Å²) in [5.41, 5.74) is 1.15. The van der Waals surface area contributed by atoms with Crippen LogP contribution in [0, 0.1) is 18.3 Å². The summed E-state index contributed by atoms with van der Waals surface area (Å²) in [4.78, 5) is 0. The van der Waals surface area contributed by atoms with Gasteiger partial charge in [-0.15, -0.1) is 0 Å². The topological polar surface area (TPSA) is 64.2 Å². The van der Waals surface area contributed by atoms with Crippen LogP contribution in [-0.4, -0.2) is 10.2 Å². The van der Waals surface area contributed by atoms with Gasteiger partial charge < -0.3 is 10.2 Å². The second kappa shape index (κ2) is 3.67. The molecule has 0 saturated carbocycles. The molecule has 0 saturated heterocycles. The number of phenols is 2. The molecule has 0 aliphatic heterocycles. The highest BCUT2D eigenvalue weighted by atomic mass is 79.9. The summed E-state index contributed by atoms with van der Waals surface area (Å²) < 4.78 is 0.248. The minimum Gasteiger partial charge on any atom is -0.506 e. The predicted molar refractivity (Wildman–Crippen MR) is 51.5 cm³/mol. The number of phenolic OH excluding ortho intramolecular Hbond substituents is 2. The molecule has 1 aromatic rings. The Morgan fingerprint density at radius 2 is 2.08 bits per heavy atom. The normalized spacial score (nSPS) is 9.62. The van der Waals surface area contributed by atoms with E-state index in [9.17, 15) is 10.2 Å². The summed E-state index contributed by atoms with van der Waals surface area (Å²) >= 11 is 3.04. The molecule has 0 bridgehead atoms. The highest BCUT2D eigenvalue weighted by Gasteiger charge is 2.12. The lowest BCUT2D eigenvalue weighted by molar-refractivity contribution is 0.438. The van der Waals surface area contributed by atoms with Crippen molar-refractivity contribution in [1.29, 1.82) is 5.26 Å². The van der Waals surface area contributed by atoms with Crippen LogP contribution in [-0.2, 0) is 6.42 Å². The van der Waals surface area contributed by atoms with Crippen LogP contribution >= 0.6 is 15.9 Å². The zero-order valence-corrected chi connectivity index (χ0v) is 8.59. The van der Waals surface area contributed by atoms with Gasteiger partial charge in [-0.2, -0.15) is 5.26 Å². The maximum absolute atomic E-state index is 9.48. The molecule has 0 radical (unpaired) electrons. The van der Waals surface area contributed by atoms with Gasteiger partial charge in [0.2, 0.25) is 0 Å². The van der Waals surface area contributed by atoms with E-state index in [1.807, 2.05) is 6.07 Å². The molecular weight excluding hydrogens is 234 g/mol. The van der Waals surface area contributed by atoms with Crippen LogP contribution in [0.5, 0.6) is 11.5 Å². The highest BCUT2D eigenvalue weighted by molar-refractivity contribution is 9.10. The van der Waals surface area contributed by atoms with Crippen molar-refractivity contribution < 1.29 is 10.2 Å². The van der Waals surface area contributed by atoms with Gasteiger partial charge in [-0.1, -0.05) is 0 Å². The summed E-state index contributed by atoms with van der Waals surface area (Å²) in [6.07, 6.45) is 0.131. The predicted octanol–water partition coefficient (Wildman–Crippen LogP) is 2.23. The van der Waals surface area contributed by atoms with Crippen molar-refractivity contribution in [1.82, 2.24) is 0 Å². The van der Waals surface area contributed by atoms with Gasteiger partial charge in [0.25, 0.3) is 0 Å². The van der Waals surface area contributed by atoms with Gasteiger partial charge in [0.1, 0.15) is 16.0 Å². The monoisotopic (exact) mass is 241 g/mol. The van der Waals surface area contributed by atoms with Gasteiger partial charge in [-0.05, 0) is 34.5 Å². The lowest BCUT2D eigenvalue weighted by Gasteiger charge is -2.07. The average molecular weight is 242 g/mol. The molecule has 0 aliphatic carbocycles. The molecule has 1 rings (SSSR count). The average Bonchev–Trinajstić information content (AvgIpc) is 2.11. The van der Waals surface area contributed by atoms with E-state index in [1.165, 1.54) is 0 Å². The maximum Gasteiger partial charge on any atom is 0.137 e. The second-order valence-corrected chi connectivity index (χ2v) is 3.49. The fourth-order valence-corrected chi connectivity index (χ4v) is 1.61. The number of hydrogen-bond donors (Lipinski definition) is 2. The molecule has 0 amide bonds.